The van der Waals surface area contributed by atoms with E-state index >= 15 is 0 Å². The maximum Gasteiger partial charge on any atom is 0.0366 e. The Bertz CT molecular complexity index is 327. The van der Waals surface area contributed by atoms with E-state index in [0.29, 0.717) is 11.3 Å². The molecule has 0 amide bonds. The first-order valence-electron chi connectivity index (χ1n) is 6.96. The first-order chi connectivity index (χ1) is 8.46. The van der Waals surface area contributed by atoms with Crippen LogP contribution in [0.4, 0.5) is 5.69 Å². The van der Waals surface area contributed by atoms with Gasteiger partial charge in [-0.3, -0.25) is 0 Å². The van der Waals surface area contributed by atoms with Gasteiger partial charge in [-0.1, -0.05) is 39.0 Å². The quantitative estimate of drug-likeness (QED) is 0.834. The molecule has 0 aliphatic heterocycles. The maximum absolute atomic E-state index is 5.93. The van der Waals surface area contributed by atoms with Crippen LogP contribution >= 0.6 is 0 Å². The van der Waals surface area contributed by atoms with Gasteiger partial charge < -0.3 is 10.6 Å². The molecule has 1 aromatic rings. The normalized spacial score (nSPS) is 13.4. The smallest absolute Gasteiger partial charge is 0.0366 e. The summed E-state index contributed by atoms with van der Waals surface area (Å²) in [7, 11) is 0. The molecule has 1 aromatic carbocycles. The highest BCUT2D eigenvalue weighted by Gasteiger charge is 2.19. The Kier molecular flexibility index (Phi) is 5.67. The molecule has 0 saturated carbocycles. The van der Waals surface area contributed by atoms with Crippen LogP contribution in [0.2, 0.25) is 0 Å². The van der Waals surface area contributed by atoms with E-state index in [0.717, 1.165) is 19.6 Å². The molecule has 2 nitrogen and oxygen atoms in total. The average Bonchev–Trinajstić information content (AvgIpc) is 2.34. The predicted molar refractivity (Wildman–Crippen MR) is 80.9 cm³/mol. The van der Waals surface area contributed by atoms with Crippen molar-refractivity contribution in [1.29, 1.82) is 0 Å². The van der Waals surface area contributed by atoms with Crippen molar-refractivity contribution in [2.75, 3.05) is 24.5 Å². The number of hydrogen-bond acceptors (Lipinski definition) is 2. The van der Waals surface area contributed by atoms with Gasteiger partial charge >= 0.3 is 0 Å². The molecule has 0 bridgehead atoms. The number of benzene rings is 1. The summed E-state index contributed by atoms with van der Waals surface area (Å²) >= 11 is 0. The van der Waals surface area contributed by atoms with Gasteiger partial charge in [-0.15, -0.1) is 0 Å². The van der Waals surface area contributed by atoms with Gasteiger partial charge in [0.25, 0.3) is 0 Å². The van der Waals surface area contributed by atoms with Crippen LogP contribution in [-0.2, 0) is 0 Å². The van der Waals surface area contributed by atoms with Crippen molar-refractivity contribution in [3.63, 3.8) is 0 Å². The summed E-state index contributed by atoms with van der Waals surface area (Å²) in [5, 5.41) is 0. The predicted octanol–water partition coefficient (Wildman–Crippen LogP) is 3.52. The molecule has 18 heavy (non-hydrogen) atoms. The number of nitrogens with two attached hydrogens (primary N) is 1. The zero-order valence-electron chi connectivity index (χ0n) is 12.3. The van der Waals surface area contributed by atoms with E-state index in [2.05, 4.69) is 62.9 Å². The summed E-state index contributed by atoms with van der Waals surface area (Å²) in [6.45, 7) is 11.9. The van der Waals surface area contributed by atoms with E-state index in [-0.39, 0.29) is 0 Å². The maximum atomic E-state index is 5.93. The molecule has 1 rings (SSSR count). The molecule has 2 heteroatoms. The zero-order chi connectivity index (χ0) is 13.6. The van der Waals surface area contributed by atoms with Crippen LogP contribution in [0.25, 0.3) is 0 Å². The van der Waals surface area contributed by atoms with Gasteiger partial charge in [0, 0.05) is 18.8 Å². The fourth-order valence-electron chi connectivity index (χ4n) is 2.46. The van der Waals surface area contributed by atoms with Gasteiger partial charge in [0.2, 0.25) is 0 Å². The summed E-state index contributed by atoms with van der Waals surface area (Å²) < 4.78 is 0. The minimum absolute atomic E-state index is 0.347. The lowest BCUT2D eigenvalue weighted by Crippen LogP contribution is -2.34. The topological polar surface area (TPSA) is 29.3 Å². The molecule has 0 aliphatic rings. The van der Waals surface area contributed by atoms with E-state index in [4.69, 9.17) is 5.73 Å². The molecule has 0 spiro atoms. The van der Waals surface area contributed by atoms with Crippen LogP contribution in [0.15, 0.2) is 30.3 Å². The van der Waals surface area contributed by atoms with E-state index in [1.165, 1.54) is 12.1 Å². The summed E-state index contributed by atoms with van der Waals surface area (Å²) in [4.78, 5) is 2.42. The van der Waals surface area contributed by atoms with Gasteiger partial charge in [-0.25, -0.2) is 0 Å². The highest BCUT2D eigenvalue weighted by Crippen LogP contribution is 2.25. The Balaban J connectivity index is 2.67. The summed E-state index contributed by atoms with van der Waals surface area (Å²) in [5.41, 5.74) is 7.58. The third-order valence-corrected chi connectivity index (χ3v) is 3.22. The number of hydrogen-bond donors (Lipinski definition) is 1. The van der Waals surface area contributed by atoms with Crippen molar-refractivity contribution in [2.45, 2.75) is 34.1 Å². The number of nitrogens with zero attached hydrogens (tertiary/aromatic N) is 1. The second-order valence-corrected chi connectivity index (χ2v) is 6.24. The number of anilines is 1. The van der Waals surface area contributed by atoms with Gasteiger partial charge in [0.1, 0.15) is 0 Å². The van der Waals surface area contributed by atoms with E-state index in [1.54, 1.807) is 0 Å². The van der Waals surface area contributed by atoms with Crippen LogP contribution in [0.3, 0.4) is 0 Å². The lowest BCUT2D eigenvalue weighted by atomic mass is 9.84. The molecule has 0 radical (unpaired) electrons. The molecular weight excluding hydrogens is 220 g/mol. The molecule has 102 valence electrons. The highest BCUT2D eigenvalue weighted by atomic mass is 15.1. The van der Waals surface area contributed by atoms with Gasteiger partial charge in [-0.05, 0) is 43.4 Å². The van der Waals surface area contributed by atoms with Crippen molar-refractivity contribution in [3.05, 3.63) is 30.3 Å². The molecule has 2 N–H and O–H groups in total. The van der Waals surface area contributed by atoms with Gasteiger partial charge in [0.05, 0.1) is 0 Å². The Morgan fingerprint density at radius 2 is 1.78 bits per heavy atom. The molecule has 1 atom stereocenters. The van der Waals surface area contributed by atoms with Gasteiger partial charge in [0.15, 0.2) is 0 Å². The zero-order valence-corrected chi connectivity index (χ0v) is 12.3. The van der Waals surface area contributed by atoms with Crippen LogP contribution < -0.4 is 10.6 Å². The SMILES string of the molecule is CCN(CC(CN)CC(C)(C)C)c1ccccc1. The first kappa shape index (κ1) is 15.0. The highest BCUT2D eigenvalue weighted by molar-refractivity contribution is 5.45. The average molecular weight is 248 g/mol. The molecule has 0 heterocycles. The lowest BCUT2D eigenvalue weighted by molar-refractivity contribution is 0.298. The van der Waals surface area contributed by atoms with Crippen LogP contribution in [0, 0.1) is 11.3 Å². The summed E-state index contributed by atoms with van der Waals surface area (Å²) in [5.74, 6) is 0.560. The third kappa shape index (κ3) is 5.09. The van der Waals surface area contributed by atoms with Crippen LogP contribution in [0.1, 0.15) is 34.1 Å². The summed E-state index contributed by atoms with van der Waals surface area (Å²) in [6, 6.07) is 10.6. The Labute approximate surface area is 112 Å². The van der Waals surface area contributed by atoms with Crippen molar-refractivity contribution in [1.82, 2.24) is 0 Å². The second-order valence-electron chi connectivity index (χ2n) is 6.24. The molecule has 1 unspecified atom stereocenters. The van der Waals surface area contributed by atoms with Crippen molar-refractivity contribution in [2.24, 2.45) is 17.1 Å². The largest absolute Gasteiger partial charge is 0.371 e. The fraction of sp³-hybridized carbons (Fsp3) is 0.625. The fourth-order valence-corrected chi connectivity index (χ4v) is 2.46. The number of para-hydroxylation sites is 1. The molecule has 0 aromatic heterocycles. The summed E-state index contributed by atoms with van der Waals surface area (Å²) in [6.07, 6.45) is 1.17. The van der Waals surface area contributed by atoms with Crippen LogP contribution in [-0.4, -0.2) is 19.6 Å². The minimum atomic E-state index is 0.347. The Morgan fingerprint density at radius 3 is 2.22 bits per heavy atom. The Hall–Kier alpha value is -1.02. The Morgan fingerprint density at radius 1 is 1.17 bits per heavy atom. The first-order valence-corrected chi connectivity index (χ1v) is 6.96. The molecular formula is C16H28N2. The van der Waals surface area contributed by atoms with E-state index in [1.807, 2.05) is 0 Å². The molecule has 0 aliphatic carbocycles. The second kappa shape index (κ2) is 6.79. The number of rotatable bonds is 6. The van der Waals surface area contributed by atoms with Crippen molar-refractivity contribution in [3.8, 4) is 0 Å². The van der Waals surface area contributed by atoms with Gasteiger partial charge in [-0.2, -0.15) is 0 Å². The monoisotopic (exact) mass is 248 g/mol. The van der Waals surface area contributed by atoms with Crippen LogP contribution in [0.5, 0.6) is 0 Å². The van der Waals surface area contributed by atoms with Crippen molar-refractivity contribution >= 4 is 5.69 Å². The molecule has 0 fully saturated rings. The van der Waals surface area contributed by atoms with E-state index in [9.17, 15) is 0 Å². The lowest BCUT2D eigenvalue weighted by Gasteiger charge is -2.31. The molecule has 0 saturated heterocycles. The standard InChI is InChI=1S/C16H28N2/c1-5-18(15-9-7-6-8-10-15)13-14(12-17)11-16(2,3)4/h6-10,14H,5,11-13,17H2,1-4H3. The van der Waals surface area contributed by atoms with Crippen molar-refractivity contribution < 1.29 is 0 Å². The minimum Gasteiger partial charge on any atom is -0.371 e. The third-order valence-electron chi connectivity index (χ3n) is 3.22. The van der Waals surface area contributed by atoms with E-state index < -0.39 is 0 Å².